The second-order valence-corrected chi connectivity index (χ2v) is 8.19. The fourth-order valence-corrected chi connectivity index (χ4v) is 4.14. The fraction of sp³-hybridized carbons (Fsp3) is 0.304. The van der Waals surface area contributed by atoms with Crippen LogP contribution in [0, 0.1) is 0 Å². The van der Waals surface area contributed by atoms with Crippen LogP contribution in [0.5, 0.6) is 0 Å². The lowest BCUT2D eigenvalue weighted by Gasteiger charge is -2.26. The summed E-state index contributed by atoms with van der Waals surface area (Å²) >= 11 is 1.65. The molecule has 1 saturated heterocycles. The van der Waals surface area contributed by atoms with Gasteiger partial charge in [0.25, 0.3) is 0 Å². The van der Waals surface area contributed by atoms with Crippen LogP contribution in [0.2, 0.25) is 0 Å². The van der Waals surface area contributed by atoms with Crippen molar-refractivity contribution in [2.45, 2.75) is 0 Å². The van der Waals surface area contributed by atoms with E-state index in [1.54, 1.807) is 16.4 Å². The van der Waals surface area contributed by atoms with Crippen LogP contribution < -0.4 is 5.32 Å². The summed E-state index contributed by atoms with van der Waals surface area (Å²) in [6.45, 7) is 4.55. The van der Waals surface area contributed by atoms with Crippen LogP contribution >= 0.6 is 11.8 Å². The standard InChI is InChI=1S/C23H26N4O2S/c28-23(18-30-16-13-26-11-14-29-15-12-26)24-22-17-21(19-7-3-1-4-8-19)25-27(22)20-9-5-2-6-10-20/h1-10,17H,11-16,18H2,(H,24,28). The largest absolute Gasteiger partial charge is 0.379 e. The van der Waals surface area contributed by atoms with Crippen molar-refractivity contribution in [1.29, 1.82) is 0 Å². The predicted octanol–water partition coefficient (Wildman–Crippen LogP) is 3.54. The normalized spacial score (nSPS) is 14.5. The van der Waals surface area contributed by atoms with Gasteiger partial charge < -0.3 is 10.1 Å². The Morgan fingerprint density at radius 2 is 1.73 bits per heavy atom. The van der Waals surface area contributed by atoms with Crippen LogP contribution in [0.3, 0.4) is 0 Å². The van der Waals surface area contributed by atoms with Crippen molar-refractivity contribution in [3.05, 3.63) is 66.7 Å². The highest BCUT2D eigenvalue weighted by Gasteiger charge is 2.14. The molecule has 2 heterocycles. The molecule has 2 aromatic carbocycles. The molecule has 30 heavy (non-hydrogen) atoms. The van der Waals surface area contributed by atoms with Crippen molar-refractivity contribution in [3.63, 3.8) is 0 Å². The Hall–Kier alpha value is -2.61. The molecule has 7 heteroatoms. The quantitative estimate of drug-likeness (QED) is 0.563. The van der Waals surface area contributed by atoms with Gasteiger partial charge in [-0.05, 0) is 12.1 Å². The Morgan fingerprint density at radius 1 is 1.03 bits per heavy atom. The first-order chi connectivity index (χ1) is 14.8. The molecule has 1 aliphatic heterocycles. The molecule has 1 N–H and O–H groups in total. The zero-order valence-corrected chi connectivity index (χ0v) is 17.7. The van der Waals surface area contributed by atoms with E-state index in [1.807, 2.05) is 66.7 Å². The summed E-state index contributed by atoms with van der Waals surface area (Å²) in [5.74, 6) is 2.02. The first-order valence-corrected chi connectivity index (χ1v) is 11.3. The van der Waals surface area contributed by atoms with Gasteiger partial charge >= 0.3 is 0 Å². The molecule has 156 valence electrons. The molecule has 1 aliphatic rings. The van der Waals surface area contributed by atoms with Gasteiger partial charge in [0, 0.05) is 37.0 Å². The minimum Gasteiger partial charge on any atom is -0.379 e. The topological polar surface area (TPSA) is 59.4 Å². The van der Waals surface area contributed by atoms with Gasteiger partial charge in [0.2, 0.25) is 5.91 Å². The van der Waals surface area contributed by atoms with Crippen molar-refractivity contribution >= 4 is 23.5 Å². The third kappa shape index (κ3) is 5.50. The molecular weight excluding hydrogens is 396 g/mol. The third-order valence-electron chi connectivity index (χ3n) is 4.94. The monoisotopic (exact) mass is 422 g/mol. The molecule has 0 radical (unpaired) electrons. The Bertz CT molecular complexity index is 940. The number of carbonyl (C=O) groups excluding carboxylic acids is 1. The summed E-state index contributed by atoms with van der Waals surface area (Å²) in [5.41, 5.74) is 2.76. The minimum atomic E-state index is -0.0151. The number of para-hydroxylation sites is 1. The van der Waals surface area contributed by atoms with E-state index >= 15 is 0 Å². The van der Waals surface area contributed by atoms with E-state index in [0.717, 1.165) is 55.5 Å². The number of rotatable bonds is 8. The number of morpholine rings is 1. The van der Waals surface area contributed by atoms with Crippen molar-refractivity contribution in [2.75, 3.05) is 49.7 Å². The summed E-state index contributed by atoms with van der Waals surface area (Å²) in [4.78, 5) is 15.0. The van der Waals surface area contributed by atoms with Crippen molar-refractivity contribution < 1.29 is 9.53 Å². The highest BCUT2D eigenvalue weighted by Crippen LogP contribution is 2.24. The zero-order valence-electron chi connectivity index (χ0n) is 16.9. The molecule has 0 unspecified atom stereocenters. The maximum Gasteiger partial charge on any atom is 0.235 e. The molecule has 1 aromatic heterocycles. The molecule has 3 aromatic rings. The minimum absolute atomic E-state index is 0.0151. The predicted molar refractivity (Wildman–Crippen MR) is 122 cm³/mol. The van der Waals surface area contributed by atoms with Gasteiger partial charge in [0.15, 0.2) is 0 Å². The highest BCUT2D eigenvalue weighted by molar-refractivity contribution is 7.99. The van der Waals surface area contributed by atoms with Crippen LogP contribution in [-0.2, 0) is 9.53 Å². The van der Waals surface area contributed by atoms with Gasteiger partial charge in [-0.3, -0.25) is 9.69 Å². The Labute approximate surface area is 181 Å². The number of amides is 1. The number of thioether (sulfide) groups is 1. The molecule has 1 amide bonds. The molecule has 0 bridgehead atoms. The smallest absolute Gasteiger partial charge is 0.235 e. The highest BCUT2D eigenvalue weighted by atomic mass is 32.2. The van der Waals surface area contributed by atoms with E-state index in [-0.39, 0.29) is 5.91 Å². The second kappa shape index (κ2) is 10.4. The van der Waals surface area contributed by atoms with Gasteiger partial charge in [0.1, 0.15) is 5.82 Å². The third-order valence-corrected chi connectivity index (χ3v) is 5.87. The summed E-state index contributed by atoms with van der Waals surface area (Å²) in [6.07, 6.45) is 0. The van der Waals surface area contributed by atoms with Crippen LogP contribution in [0.15, 0.2) is 66.7 Å². The summed E-state index contributed by atoms with van der Waals surface area (Å²) in [7, 11) is 0. The van der Waals surface area contributed by atoms with Gasteiger partial charge in [0.05, 0.1) is 30.3 Å². The maximum absolute atomic E-state index is 12.6. The van der Waals surface area contributed by atoms with Crippen molar-refractivity contribution in [3.8, 4) is 16.9 Å². The fourth-order valence-electron chi connectivity index (χ4n) is 3.35. The lowest BCUT2D eigenvalue weighted by Crippen LogP contribution is -2.37. The Morgan fingerprint density at radius 3 is 2.47 bits per heavy atom. The lowest BCUT2D eigenvalue weighted by atomic mass is 10.2. The molecule has 6 nitrogen and oxygen atoms in total. The van der Waals surface area contributed by atoms with E-state index < -0.39 is 0 Å². The maximum atomic E-state index is 12.6. The number of hydrogen-bond acceptors (Lipinski definition) is 5. The van der Waals surface area contributed by atoms with Gasteiger partial charge in [-0.25, -0.2) is 4.68 Å². The molecule has 0 aliphatic carbocycles. The molecular formula is C23H26N4O2S. The van der Waals surface area contributed by atoms with E-state index in [0.29, 0.717) is 11.6 Å². The van der Waals surface area contributed by atoms with E-state index in [4.69, 9.17) is 9.84 Å². The molecule has 1 fully saturated rings. The van der Waals surface area contributed by atoms with Gasteiger partial charge in [-0.15, -0.1) is 0 Å². The molecule has 0 saturated carbocycles. The number of hydrogen-bond donors (Lipinski definition) is 1. The van der Waals surface area contributed by atoms with Gasteiger partial charge in [-0.1, -0.05) is 48.5 Å². The lowest BCUT2D eigenvalue weighted by molar-refractivity contribution is -0.113. The van der Waals surface area contributed by atoms with E-state index in [1.165, 1.54) is 0 Å². The SMILES string of the molecule is O=C(CSCCN1CCOCC1)Nc1cc(-c2ccccc2)nn1-c1ccccc1. The Kier molecular flexibility index (Phi) is 7.18. The van der Waals surface area contributed by atoms with Crippen LogP contribution in [0.4, 0.5) is 5.82 Å². The number of ether oxygens (including phenoxy) is 1. The van der Waals surface area contributed by atoms with Crippen LogP contribution in [0.25, 0.3) is 16.9 Å². The van der Waals surface area contributed by atoms with E-state index in [9.17, 15) is 4.79 Å². The van der Waals surface area contributed by atoms with Crippen molar-refractivity contribution in [1.82, 2.24) is 14.7 Å². The average Bonchev–Trinajstić information content (AvgIpc) is 3.22. The Balaban J connectivity index is 1.40. The number of anilines is 1. The van der Waals surface area contributed by atoms with Crippen LogP contribution in [0.1, 0.15) is 0 Å². The molecule has 0 spiro atoms. The first-order valence-electron chi connectivity index (χ1n) is 10.2. The number of carbonyl (C=O) groups is 1. The first kappa shape index (κ1) is 20.7. The number of benzene rings is 2. The molecule has 0 atom stereocenters. The molecule has 4 rings (SSSR count). The number of nitrogens with zero attached hydrogens (tertiary/aromatic N) is 3. The van der Waals surface area contributed by atoms with Crippen LogP contribution in [-0.4, -0.2) is 64.9 Å². The van der Waals surface area contributed by atoms with E-state index in [2.05, 4.69) is 10.2 Å². The summed E-state index contributed by atoms with van der Waals surface area (Å²) in [5, 5.41) is 7.78. The number of nitrogens with one attached hydrogen (secondary N) is 1. The summed E-state index contributed by atoms with van der Waals surface area (Å²) in [6, 6.07) is 21.8. The number of aromatic nitrogens is 2. The van der Waals surface area contributed by atoms with Crippen molar-refractivity contribution in [2.24, 2.45) is 0 Å². The van der Waals surface area contributed by atoms with Gasteiger partial charge in [-0.2, -0.15) is 16.9 Å². The summed E-state index contributed by atoms with van der Waals surface area (Å²) < 4.78 is 7.16. The second-order valence-electron chi connectivity index (χ2n) is 7.08. The zero-order chi connectivity index (χ0) is 20.6. The average molecular weight is 423 g/mol.